The number of benzene rings is 1. The molecule has 1 heterocycles. The first-order valence-corrected chi connectivity index (χ1v) is 5.67. The molecule has 82 valence electrons. The fourth-order valence-electron chi connectivity index (χ4n) is 1.22. The van der Waals surface area contributed by atoms with Gasteiger partial charge in [0.25, 0.3) is 0 Å². The van der Waals surface area contributed by atoms with Gasteiger partial charge in [-0.1, -0.05) is 23.9 Å². The van der Waals surface area contributed by atoms with E-state index < -0.39 is 0 Å². The molecule has 0 bridgehead atoms. The van der Waals surface area contributed by atoms with Gasteiger partial charge in [0.05, 0.1) is 11.9 Å². The van der Waals surface area contributed by atoms with E-state index in [9.17, 15) is 4.39 Å². The molecule has 0 amide bonds. The molecular weight excluding hydrogens is 225 g/mol. The molecule has 0 fully saturated rings. The molecule has 16 heavy (non-hydrogen) atoms. The minimum Gasteiger partial charge on any atom is -0.396 e. The highest BCUT2D eigenvalue weighted by molar-refractivity contribution is 7.98. The van der Waals surface area contributed by atoms with Crippen molar-refractivity contribution < 1.29 is 4.39 Å². The normalized spacial score (nSPS) is 10.3. The Morgan fingerprint density at radius 1 is 1.31 bits per heavy atom. The summed E-state index contributed by atoms with van der Waals surface area (Å²) in [6, 6.07) is 5.01. The fraction of sp³-hybridized carbons (Fsp3) is 0.0909. The van der Waals surface area contributed by atoms with Crippen LogP contribution in [0.2, 0.25) is 0 Å². The number of aromatic nitrogens is 2. The molecular formula is C11H10FN3S. The summed E-state index contributed by atoms with van der Waals surface area (Å²) in [7, 11) is 0. The number of rotatable bonds is 3. The summed E-state index contributed by atoms with van der Waals surface area (Å²) in [5.41, 5.74) is 6.23. The van der Waals surface area contributed by atoms with Crippen molar-refractivity contribution in [3.63, 3.8) is 0 Å². The van der Waals surface area contributed by atoms with Crippen LogP contribution in [0, 0.1) is 5.82 Å². The standard InChI is InChI=1S/C11H10FN3S/c12-11-8(2-1-3-9(11)13)7-16-10-6-14-4-5-15-10/h1-6H,7,13H2. The predicted octanol–water partition coefficient (Wildman–Crippen LogP) is 2.49. The average Bonchev–Trinajstić information content (AvgIpc) is 2.32. The molecule has 5 heteroatoms. The van der Waals surface area contributed by atoms with Crippen molar-refractivity contribution in [3.8, 4) is 0 Å². The zero-order valence-electron chi connectivity index (χ0n) is 8.43. The van der Waals surface area contributed by atoms with Gasteiger partial charge >= 0.3 is 0 Å². The summed E-state index contributed by atoms with van der Waals surface area (Å²) in [5.74, 6) is 0.147. The molecule has 0 aliphatic heterocycles. The Bertz CT molecular complexity index is 476. The Labute approximate surface area is 96.9 Å². The molecule has 0 aliphatic rings. The van der Waals surface area contributed by atoms with Crippen LogP contribution in [-0.2, 0) is 5.75 Å². The number of anilines is 1. The minimum absolute atomic E-state index is 0.178. The Morgan fingerprint density at radius 3 is 2.94 bits per heavy atom. The molecule has 2 rings (SSSR count). The number of thioether (sulfide) groups is 1. The number of nitrogens with two attached hydrogens (primary N) is 1. The SMILES string of the molecule is Nc1cccc(CSc2cnccn2)c1F. The molecule has 0 atom stereocenters. The molecule has 3 nitrogen and oxygen atoms in total. The van der Waals surface area contributed by atoms with Gasteiger partial charge < -0.3 is 5.73 Å². The molecule has 0 unspecified atom stereocenters. The Balaban J connectivity index is 2.08. The maximum atomic E-state index is 13.5. The largest absolute Gasteiger partial charge is 0.396 e. The van der Waals surface area contributed by atoms with E-state index >= 15 is 0 Å². The third-order valence-corrected chi connectivity index (χ3v) is 2.99. The zero-order chi connectivity index (χ0) is 11.4. The second-order valence-electron chi connectivity index (χ2n) is 3.15. The Hall–Kier alpha value is -1.62. The van der Waals surface area contributed by atoms with E-state index in [0.29, 0.717) is 11.3 Å². The topological polar surface area (TPSA) is 51.8 Å². The van der Waals surface area contributed by atoms with Crippen molar-refractivity contribution in [3.05, 3.63) is 48.2 Å². The van der Waals surface area contributed by atoms with Crippen molar-refractivity contribution in [2.24, 2.45) is 0 Å². The smallest absolute Gasteiger partial charge is 0.150 e. The van der Waals surface area contributed by atoms with Gasteiger partial charge in [-0.3, -0.25) is 4.98 Å². The lowest BCUT2D eigenvalue weighted by Crippen LogP contribution is -1.95. The summed E-state index contributed by atoms with van der Waals surface area (Å²) in [4.78, 5) is 8.03. The van der Waals surface area contributed by atoms with Gasteiger partial charge in [0.2, 0.25) is 0 Å². The lowest BCUT2D eigenvalue weighted by Gasteiger charge is -2.04. The second kappa shape index (κ2) is 4.94. The molecule has 2 aromatic rings. The first-order chi connectivity index (χ1) is 7.77. The third-order valence-electron chi connectivity index (χ3n) is 2.02. The lowest BCUT2D eigenvalue weighted by molar-refractivity contribution is 0.622. The first kappa shape index (κ1) is 10.9. The molecule has 1 aromatic carbocycles. The van der Waals surface area contributed by atoms with Gasteiger partial charge in [0.15, 0.2) is 0 Å². The van der Waals surface area contributed by atoms with Gasteiger partial charge in [-0.05, 0) is 6.07 Å². The van der Waals surface area contributed by atoms with E-state index in [0.717, 1.165) is 5.03 Å². The Morgan fingerprint density at radius 2 is 2.19 bits per heavy atom. The molecule has 0 saturated carbocycles. The van der Waals surface area contributed by atoms with E-state index in [-0.39, 0.29) is 11.5 Å². The summed E-state index contributed by atoms with van der Waals surface area (Å²) in [6.45, 7) is 0. The van der Waals surface area contributed by atoms with Crippen molar-refractivity contribution in [1.82, 2.24) is 9.97 Å². The monoisotopic (exact) mass is 235 g/mol. The first-order valence-electron chi connectivity index (χ1n) is 4.69. The average molecular weight is 235 g/mol. The van der Waals surface area contributed by atoms with Crippen LogP contribution in [0.1, 0.15) is 5.56 Å². The molecule has 2 N–H and O–H groups in total. The van der Waals surface area contributed by atoms with E-state index in [1.807, 2.05) is 0 Å². The van der Waals surface area contributed by atoms with Crippen molar-refractivity contribution >= 4 is 17.4 Å². The molecule has 0 aliphatic carbocycles. The van der Waals surface area contributed by atoms with Crippen LogP contribution in [0.15, 0.2) is 41.8 Å². The lowest BCUT2D eigenvalue weighted by atomic mass is 10.2. The number of hydrogen-bond acceptors (Lipinski definition) is 4. The second-order valence-corrected chi connectivity index (χ2v) is 4.15. The summed E-state index contributed by atoms with van der Waals surface area (Å²) < 4.78 is 13.5. The molecule has 0 spiro atoms. The van der Waals surface area contributed by atoms with Gasteiger partial charge in [-0.15, -0.1) is 0 Å². The minimum atomic E-state index is -0.348. The summed E-state index contributed by atoms with van der Waals surface area (Å²) >= 11 is 1.43. The van der Waals surface area contributed by atoms with Gasteiger partial charge in [0, 0.05) is 23.7 Å². The van der Waals surface area contributed by atoms with Gasteiger partial charge in [0.1, 0.15) is 10.8 Å². The van der Waals surface area contributed by atoms with Crippen LogP contribution in [0.25, 0.3) is 0 Å². The Kier molecular flexibility index (Phi) is 3.36. The van der Waals surface area contributed by atoms with Crippen LogP contribution in [0.5, 0.6) is 0 Å². The summed E-state index contributed by atoms with van der Waals surface area (Å²) in [5, 5.41) is 0.768. The van der Waals surface area contributed by atoms with Crippen molar-refractivity contribution in [2.75, 3.05) is 5.73 Å². The van der Waals surface area contributed by atoms with Crippen molar-refractivity contribution in [2.45, 2.75) is 10.8 Å². The summed E-state index contributed by atoms with van der Waals surface area (Å²) in [6.07, 6.45) is 4.86. The maximum Gasteiger partial charge on any atom is 0.150 e. The molecule has 0 radical (unpaired) electrons. The van der Waals surface area contributed by atoms with Crippen LogP contribution in [0.4, 0.5) is 10.1 Å². The number of nitrogen functional groups attached to an aromatic ring is 1. The maximum absolute atomic E-state index is 13.5. The van der Waals surface area contributed by atoms with Crippen molar-refractivity contribution in [1.29, 1.82) is 0 Å². The molecule has 0 saturated heterocycles. The third kappa shape index (κ3) is 2.49. The number of halogens is 1. The van der Waals surface area contributed by atoms with Gasteiger partial charge in [-0.25, -0.2) is 9.37 Å². The fourth-order valence-corrected chi connectivity index (χ4v) is 2.02. The highest BCUT2D eigenvalue weighted by Gasteiger charge is 2.06. The number of nitrogens with zero attached hydrogens (tertiary/aromatic N) is 2. The van der Waals surface area contributed by atoms with E-state index in [1.54, 1.807) is 36.8 Å². The van der Waals surface area contributed by atoms with E-state index in [1.165, 1.54) is 11.8 Å². The quantitative estimate of drug-likeness (QED) is 0.656. The predicted molar refractivity (Wildman–Crippen MR) is 62.4 cm³/mol. The van der Waals surface area contributed by atoms with Crippen LogP contribution >= 0.6 is 11.8 Å². The van der Waals surface area contributed by atoms with Crippen LogP contribution in [-0.4, -0.2) is 9.97 Å². The highest BCUT2D eigenvalue weighted by atomic mass is 32.2. The van der Waals surface area contributed by atoms with Crippen LogP contribution < -0.4 is 5.73 Å². The van der Waals surface area contributed by atoms with Crippen LogP contribution in [0.3, 0.4) is 0 Å². The zero-order valence-corrected chi connectivity index (χ0v) is 9.25. The van der Waals surface area contributed by atoms with E-state index in [2.05, 4.69) is 9.97 Å². The highest BCUT2D eigenvalue weighted by Crippen LogP contribution is 2.23. The van der Waals surface area contributed by atoms with E-state index in [4.69, 9.17) is 5.73 Å². The van der Waals surface area contributed by atoms with Gasteiger partial charge in [-0.2, -0.15) is 0 Å². The number of hydrogen-bond donors (Lipinski definition) is 1. The molecule has 1 aromatic heterocycles.